The molecule has 2 N–H and O–H groups in total. The van der Waals surface area contributed by atoms with Crippen LogP contribution in [0.1, 0.15) is 24.1 Å². The van der Waals surface area contributed by atoms with E-state index in [0.717, 1.165) is 5.56 Å². The number of hydrogen-bond donors (Lipinski definition) is 2. The highest BCUT2D eigenvalue weighted by molar-refractivity contribution is 14.0. The fourth-order valence-electron chi connectivity index (χ4n) is 2.30. The summed E-state index contributed by atoms with van der Waals surface area (Å²) in [6.07, 6.45) is 0.249. The quantitative estimate of drug-likeness (QED) is 0.414. The Morgan fingerprint density at radius 2 is 1.67 bits per heavy atom. The van der Waals surface area contributed by atoms with Crippen molar-refractivity contribution in [1.82, 2.24) is 10.6 Å². The lowest BCUT2D eigenvalue weighted by atomic mass is 10.1. The standard InChI is InChI=1S/C18H21F2N3.HI/c1-13(14-7-4-3-5-8-14)23-18(21-2)22-12-11-15-16(19)9-6-10-17(15)20;/h3-10,13H,11-12H2,1-2H3,(H2,21,22,23);1H. The molecule has 2 aromatic carbocycles. The van der Waals surface area contributed by atoms with Gasteiger partial charge in [-0.25, -0.2) is 8.78 Å². The number of benzene rings is 2. The predicted molar refractivity (Wildman–Crippen MR) is 105 cm³/mol. The van der Waals surface area contributed by atoms with Crippen molar-refractivity contribution in [1.29, 1.82) is 0 Å². The van der Waals surface area contributed by atoms with Crippen molar-refractivity contribution in [2.75, 3.05) is 13.6 Å². The van der Waals surface area contributed by atoms with Crippen LogP contribution in [0.25, 0.3) is 0 Å². The number of nitrogens with one attached hydrogen (secondary N) is 2. The van der Waals surface area contributed by atoms with Gasteiger partial charge in [0.05, 0.1) is 6.04 Å². The molecule has 0 aliphatic rings. The summed E-state index contributed by atoms with van der Waals surface area (Å²) in [5, 5.41) is 6.33. The summed E-state index contributed by atoms with van der Waals surface area (Å²) in [5.41, 5.74) is 1.22. The molecule has 0 fully saturated rings. The minimum atomic E-state index is -0.521. The molecule has 6 heteroatoms. The average Bonchev–Trinajstić information content (AvgIpc) is 2.57. The number of rotatable bonds is 5. The van der Waals surface area contributed by atoms with Crippen molar-refractivity contribution in [3.05, 3.63) is 71.3 Å². The highest BCUT2D eigenvalue weighted by atomic mass is 127. The van der Waals surface area contributed by atoms with Crippen LogP contribution >= 0.6 is 24.0 Å². The maximum absolute atomic E-state index is 13.6. The summed E-state index contributed by atoms with van der Waals surface area (Å²) in [5.74, 6) is -0.446. The van der Waals surface area contributed by atoms with Crippen molar-refractivity contribution >= 4 is 29.9 Å². The number of hydrogen-bond acceptors (Lipinski definition) is 1. The third-order valence-electron chi connectivity index (χ3n) is 3.61. The van der Waals surface area contributed by atoms with Crippen molar-refractivity contribution in [3.8, 4) is 0 Å². The van der Waals surface area contributed by atoms with Crippen molar-refractivity contribution < 1.29 is 8.78 Å². The Morgan fingerprint density at radius 3 is 2.25 bits per heavy atom. The van der Waals surface area contributed by atoms with E-state index in [2.05, 4.69) is 15.6 Å². The topological polar surface area (TPSA) is 36.4 Å². The largest absolute Gasteiger partial charge is 0.356 e. The molecule has 0 aromatic heterocycles. The van der Waals surface area contributed by atoms with E-state index in [1.807, 2.05) is 37.3 Å². The van der Waals surface area contributed by atoms with E-state index in [-0.39, 0.29) is 42.0 Å². The molecule has 0 radical (unpaired) electrons. The van der Waals surface area contributed by atoms with Crippen molar-refractivity contribution in [3.63, 3.8) is 0 Å². The van der Waals surface area contributed by atoms with Gasteiger partial charge in [-0.15, -0.1) is 24.0 Å². The van der Waals surface area contributed by atoms with Crippen LogP contribution < -0.4 is 10.6 Å². The minimum Gasteiger partial charge on any atom is -0.356 e. The second-order valence-electron chi connectivity index (χ2n) is 5.23. The van der Waals surface area contributed by atoms with Gasteiger partial charge in [-0.3, -0.25) is 4.99 Å². The van der Waals surface area contributed by atoms with Crippen LogP contribution in [0.5, 0.6) is 0 Å². The van der Waals surface area contributed by atoms with Gasteiger partial charge in [0.1, 0.15) is 11.6 Å². The Morgan fingerprint density at radius 1 is 1.04 bits per heavy atom. The summed E-state index contributed by atoms with van der Waals surface area (Å²) in [6.45, 7) is 2.41. The van der Waals surface area contributed by atoms with E-state index in [4.69, 9.17) is 0 Å². The van der Waals surface area contributed by atoms with Crippen molar-refractivity contribution in [2.45, 2.75) is 19.4 Å². The summed E-state index contributed by atoms with van der Waals surface area (Å²) < 4.78 is 27.1. The van der Waals surface area contributed by atoms with Gasteiger partial charge in [-0.05, 0) is 31.0 Å². The Labute approximate surface area is 158 Å². The molecular weight excluding hydrogens is 423 g/mol. The molecule has 3 nitrogen and oxygen atoms in total. The first-order valence-electron chi connectivity index (χ1n) is 7.57. The molecule has 1 atom stereocenters. The first-order valence-corrected chi connectivity index (χ1v) is 7.57. The molecule has 0 saturated carbocycles. The van der Waals surface area contributed by atoms with E-state index in [1.165, 1.54) is 18.2 Å². The van der Waals surface area contributed by atoms with E-state index in [0.29, 0.717) is 12.5 Å². The summed E-state index contributed by atoms with van der Waals surface area (Å²) >= 11 is 0. The molecule has 0 spiro atoms. The summed E-state index contributed by atoms with van der Waals surface area (Å²) in [4.78, 5) is 4.14. The molecule has 130 valence electrons. The smallest absolute Gasteiger partial charge is 0.191 e. The van der Waals surface area contributed by atoms with Gasteiger partial charge in [0.2, 0.25) is 0 Å². The maximum atomic E-state index is 13.6. The second kappa shape index (κ2) is 10.2. The molecule has 24 heavy (non-hydrogen) atoms. The highest BCUT2D eigenvalue weighted by Gasteiger charge is 2.10. The lowest BCUT2D eigenvalue weighted by Gasteiger charge is -2.18. The maximum Gasteiger partial charge on any atom is 0.191 e. The van der Waals surface area contributed by atoms with Gasteiger partial charge in [0.15, 0.2) is 5.96 Å². The van der Waals surface area contributed by atoms with Gasteiger partial charge >= 0.3 is 0 Å². The summed E-state index contributed by atoms with van der Waals surface area (Å²) in [7, 11) is 1.66. The molecule has 0 saturated heterocycles. The molecule has 0 aliphatic heterocycles. The molecule has 0 aliphatic carbocycles. The van der Waals surface area contributed by atoms with Crippen LogP contribution in [0.4, 0.5) is 8.78 Å². The third kappa shape index (κ3) is 5.74. The Balaban J connectivity index is 0.00000288. The third-order valence-corrected chi connectivity index (χ3v) is 3.61. The van der Waals surface area contributed by atoms with E-state index < -0.39 is 11.6 Å². The highest BCUT2D eigenvalue weighted by Crippen LogP contribution is 2.12. The van der Waals surface area contributed by atoms with Gasteiger partial charge in [-0.1, -0.05) is 36.4 Å². The van der Waals surface area contributed by atoms with Crippen LogP contribution in [0.15, 0.2) is 53.5 Å². The molecular formula is C18H22F2IN3. The molecule has 0 amide bonds. The Bertz CT molecular complexity index is 642. The molecule has 2 rings (SSSR count). The lowest BCUT2D eigenvalue weighted by molar-refractivity contribution is 0.552. The number of nitrogens with zero attached hydrogens (tertiary/aromatic N) is 1. The van der Waals surface area contributed by atoms with Crippen LogP contribution in [0.3, 0.4) is 0 Å². The zero-order valence-corrected chi connectivity index (χ0v) is 16.1. The van der Waals surface area contributed by atoms with Crippen LogP contribution in [-0.2, 0) is 6.42 Å². The second-order valence-corrected chi connectivity index (χ2v) is 5.23. The minimum absolute atomic E-state index is 0. The number of halogens is 3. The first kappa shape index (κ1) is 20.3. The normalized spacial score (nSPS) is 12.2. The Kier molecular flexibility index (Phi) is 8.67. The van der Waals surface area contributed by atoms with Gasteiger partial charge in [-0.2, -0.15) is 0 Å². The number of guanidine groups is 1. The molecule has 1 unspecified atom stereocenters. The predicted octanol–water partition coefficient (Wildman–Crippen LogP) is 4.05. The van der Waals surface area contributed by atoms with Gasteiger partial charge in [0, 0.05) is 19.2 Å². The Hall–Kier alpha value is -1.70. The number of aliphatic imine (C=N–C) groups is 1. The van der Waals surface area contributed by atoms with Gasteiger partial charge < -0.3 is 10.6 Å². The van der Waals surface area contributed by atoms with Crippen LogP contribution in [0, 0.1) is 11.6 Å². The van der Waals surface area contributed by atoms with Crippen LogP contribution in [-0.4, -0.2) is 19.6 Å². The molecule has 0 heterocycles. The SMILES string of the molecule is CN=C(NCCc1c(F)cccc1F)NC(C)c1ccccc1.I. The van der Waals surface area contributed by atoms with E-state index in [9.17, 15) is 8.78 Å². The van der Waals surface area contributed by atoms with Gasteiger partial charge in [0.25, 0.3) is 0 Å². The zero-order chi connectivity index (χ0) is 16.7. The molecule has 0 bridgehead atoms. The van der Waals surface area contributed by atoms with E-state index in [1.54, 1.807) is 7.05 Å². The average molecular weight is 445 g/mol. The fourth-order valence-corrected chi connectivity index (χ4v) is 2.30. The summed E-state index contributed by atoms with van der Waals surface area (Å²) in [6, 6.07) is 13.9. The first-order chi connectivity index (χ1) is 11.1. The van der Waals surface area contributed by atoms with E-state index >= 15 is 0 Å². The lowest BCUT2D eigenvalue weighted by Crippen LogP contribution is -2.39. The zero-order valence-electron chi connectivity index (χ0n) is 13.7. The van der Waals surface area contributed by atoms with Crippen LogP contribution in [0.2, 0.25) is 0 Å². The monoisotopic (exact) mass is 445 g/mol. The fraction of sp³-hybridized carbons (Fsp3) is 0.278. The van der Waals surface area contributed by atoms with Crippen molar-refractivity contribution in [2.24, 2.45) is 4.99 Å². The molecule has 2 aromatic rings.